The monoisotopic (exact) mass is 1050 g/mol. The van der Waals surface area contributed by atoms with E-state index in [1.165, 1.54) is 64.2 Å². The Morgan fingerprint density at radius 1 is 0.453 bits per heavy atom. The quantitative estimate of drug-likeness (QED) is 0.0228. The Bertz CT molecular complexity index is 1630. The Morgan fingerprint density at radius 2 is 0.840 bits per heavy atom. The van der Waals surface area contributed by atoms with Crippen molar-refractivity contribution in [1.29, 1.82) is 0 Å². The SMILES string of the molecule is CC/C=C\C/C=C\C/C=C\C/C=C\CCCCC(=O)OC(COC(=O)CCCCCCCC/C=C\C/C=C\C/C=C\CCCCC)COC1OC(C(=O)O)C(O)C(O)C1OC(=O)CCCCCCCCCCCCC. The minimum absolute atomic E-state index is 0.0533. The molecule has 1 aliphatic heterocycles. The van der Waals surface area contributed by atoms with E-state index in [1.54, 1.807) is 0 Å². The van der Waals surface area contributed by atoms with Crippen molar-refractivity contribution in [3.8, 4) is 0 Å². The van der Waals surface area contributed by atoms with Crippen molar-refractivity contribution >= 4 is 23.9 Å². The van der Waals surface area contributed by atoms with E-state index in [0.29, 0.717) is 19.3 Å². The van der Waals surface area contributed by atoms with Gasteiger partial charge in [0, 0.05) is 19.3 Å². The molecule has 12 nitrogen and oxygen atoms in total. The molecule has 1 aliphatic rings. The van der Waals surface area contributed by atoms with Gasteiger partial charge in [-0.3, -0.25) is 14.4 Å². The lowest BCUT2D eigenvalue weighted by atomic mass is 9.98. The highest BCUT2D eigenvalue weighted by Crippen LogP contribution is 2.26. The molecule has 0 aromatic carbocycles. The zero-order valence-electron chi connectivity index (χ0n) is 47.0. The fourth-order valence-corrected chi connectivity index (χ4v) is 8.42. The van der Waals surface area contributed by atoms with Gasteiger partial charge in [0.2, 0.25) is 0 Å². The summed E-state index contributed by atoms with van der Waals surface area (Å²) in [4.78, 5) is 51.1. The summed E-state index contributed by atoms with van der Waals surface area (Å²) in [5.74, 6) is -3.19. The van der Waals surface area contributed by atoms with Crippen molar-refractivity contribution in [1.82, 2.24) is 0 Å². The number of carboxylic acid groups (broad SMARTS) is 1. The van der Waals surface area contributed by atoms with Crippen LogP contribution < -0.4 is 0 Å². The van der Waals surface area contributed by atoms with Crippen molar-refractivity contribution in [2.45, 2.75) is 276 Å². The zero-order chi connectivity index (χ0) is 54.7. The lowest BCUT2D eigenvalue weighted by Crippen LogP contribution is -2.61. The molecule has 0 amide bonds. The maximum absolute atomic E-state index is 13.1. The Kier molecular flexibility index (Phi) is 46.6. The minimum Gasteiger partial charge on any atom is -0.479 e. The summed E-state index contributed by atoms with van der Waals surface area (Å²) in [6, 6.07) is 0. The number of aliphatic hydroxyl groups excluding tert-OH is 2. The number of allylic oxidation sites excluding steroid dienone is 14. The van der Waals surface area contributed by atoms with Gasteiger partial charge in [-0.2, -0.15) is 0 Å². The number of carbonyl (C=O) groups excluding carboxylic acids is 3. The standard InChI is InChI=1S/C63H104O12/c1-4-7-10-13-16-19-22-24-26-27-28-29-31-32-35-37-40-43-46-49-55(64)71-52-54(73-56(65)50-47-44-41-39-36-33-30-25-23-20-17-14-11-8-5-2)53-72-63-61(59(68)58(67)60(75-63)62(69)70)74-57(66)51-48-45-42-38-34-21-18-15-12-9-6-3/h8,11,16-17,19-20,24-26,28-30,36,39,54,58-61,63,67-68H,4-7,9-10,12-15,18,21-23,27,31-35,37-38,40-53H2,1-3H3,(H,69,70)/b11-8-,19-16-,20-17-,26-24-,29-28-,30-25-,39-36-. The molecule has 428 valence electrons. The van der Waals surface area contributed by atoms with Crippen molar-refractivity contribution in [2.75, 3.05) is 13.2 Å². The average Bonchev–Trinajstić information content (AvgIpc) is 3.39. The van der Waals surface area contributed by atoms with E-state index < -0.39 is 67.3 Å². The predicted molar refractivity (Wildman–Crippen MR) is 303 cm³/mol. The van der Waals surface area contributed by atoms with Crippen LogP contribution in [0.5, 0.6) is 0 Å². The Labute approximate surface area is 454 Å². The van der Waals surface area contributed by atoms with Crippen molar-refractivity contribution in [3.63, 3.8) is 0 Å². The number of aliphatic carboxylic acids is 1. The molecule has 75 heavy (non-hydrogen) atoms. The Morgan fingerprint density at radius 3 is 1.33 bits per heavy atom. The van der Waals surface area contributed by atoms with Gasteiger partial charge in [-0.25, -0.2) is 4.79 Å². The number of esters is 3. The fraction of sp³-hybridized carbons (Fsp3) is 0.714. The molecule has 12 heteroatoms. The average molecular weight is 1050 g/mol. The number of rotatable bonds is 49. The van der Waals surface area contributed by atoms with Gasteiger partial charge in [-0.05, 0) is 96.3 Å². The number of unbranched alkanes of at least 4 members (excludes halogenated alkanes) is 21. The van der Waals surface area contributed by atoms with E-state index in [4.69, 9.17) is 23.7 Å². The van der Waals surface area contributed by atoms with E-state index in [9.17, 15) is 34.5 Å². The summed E-state index contributed by atoms with van der Waals surface area (Å²) >= 11 is 0. The normalized spacial score (nSPS) is 18.8. The van der Waals surface area contributed by atoms with Crippen LogP contribution in [-0.4, -0.2) is 89.2 Å². The number of carbonyl (C=O) groups is 4. The van der Waals surface area contributed by atoms with Gasteiger partial charge >= 0.3 is 23.9 Å². The number of ether oxygens (including phenoxy) is 5. The minimum atomic E-state index is -1.91. The van der Waals surface area contributed by atoms with Gasteiger partial charge in [-0.15, -0.1) is 0 Å². The van der Waals surface area contributed by atoms with Crippen LogP contribution in [0.2, 0.25) is 0 Å². The molecule has 6 unspecified atom stereocenters. The summed E-state index contributed by atoms with van der Waals surface area (Å²) in [5, 5.41) is 31.4. The molecule has 0 saturated carbocycles. The molecular weight excluding hydrogens is 949 g/mol. The van der Waals surface area contributed by atoms with Crippen LogP contribution >= 0.6 is 0 Å². The molecule has 0 radical (unpaired) electrons. The van der Waals surface area contributed by atoms with Crippen molar-refractivity contribution in [3.05, 3.63) is 85.1 Å². The van der Waals surface area contributed by atoms with Crippen LogP contribution in [-0.2, 0) is 42.9 Å². The van der Waals surface area contributed by atoms with Gasteiger partial charge in [0.25, 0.3) is 0 Å². The molecule has 0 bridgehead atoms. The highest BCUT2D eigenvalue weighted by atomic mass is 16.7. The first kappa shape index (κ1) is 68.9. The molecule has 6 atom stereocenters. The molecule has 1 fully saturated rings. The molecule has 0 aromatic rings. The summed E-state index contributed by atoms with van der Waals surface area (Å²) < 4.78 is 28.3. The lowest BCUT2D eigenvalue weighted by Gasteiger charge is -2.40. The molecule has 3 N–H and O–H groups in total. The lowest BCUT2D eigenvalue weighted by molar-refractivity contribution is -0.301. The Balaban J connectivity index is 2.72. The zero-order valence-corrected chi connectivity index (χ0v) is 47.0. The van der Waals surface area contributed by atoms with E-state index >= 15 is 0 Å². The van der Waals surface area contributed by atoms with Crippen molar-refractivity contribution < 1.29 is 58.2 Å². The molecule has 1 saturated heterocycles. The third kappa shape index (κ3) is 40.8. The number of hydrogen-bond donors (Lipinski definition) is 3. The van der Waals surface area contributed by atoms with Crippen LogP contribution in [0, 0.1) is 0 Å². The molecule has 0 aromatic heterocycles. The second kappa shape index (κ2) is 50.7. The third-order valence-corrected chi connectivity index (χ3v) is 13.0. The first-order valence-electron chi connectivity index (χ1n) is 29.6. The van der Waals surface area contributed by atoms with Crippen LogP contribution in [0.1, 0.15) is 239 Å². The number of aliphatic hydroxyl groups is 2. The van der Waals surface area contributed by atoms with Crippen molar-refractivity contribution in [2.24, 2.45) is 0 Å². The Hall–Kier alpha value is -4.10. The third-order valence-electron chi connectivity index (χ3n) is 13.0. The first-order chi connectivity index (χ1) is 36.6. The number of hydrogen-bond acceptors (Lipinski definition) is 11. The second-order valence-electron chi connectivity index (χ2n) is 19.9. The molecule has 1 heterocycles. The maximum Gasteiger partial charge on any atom is 0.335 e. The molecule has 0 spiro atoms. The predicted octanol–water partition coefficient (Wildman–Crippen LogP) is 15.1. The summed E-state index contributed by atoms with van der Waals surface area (Å²) in [7, 11) is 0. The highest BCUT2D eigenvalue weighted by Gasteiger charge is 2.50. The number of carboxylic acids is 1. The first-order valence-corrected chi connectivity index (χ1v) is 29.6. The second-order valence-corrected chi connectivity index (χ2v) is 19.9. The van der Waals surface area contributed by atoms with Crippen LogP contribution in [0.4, 0.5) is 0 Å². The summed E-state index contributed by atoms with van der Waals surface area (Å²) in [6.45, 7) is 5.79. The molecule has 1 rings (SSSR count). The van der Waals surface area contributed by atoms with E-state index in [2.05, 4.69) is 106 Å². The van der Waals surface area contributed by atoms with Gasteiger partial charge in [-0.1, -0.05) is 209 Å². The summed E-state index contributed by atoms with van der Waals surface area (Å²) in [6.07, 6.45) is 52.7. The van der Waals surface area contributed by atoms with Gasteiger partial charge in [0.15, 0.2) is 24.6 Å². The van der Waals surface area contributed by atoms with Crippen LogP contribution in [0.15, 0.2) is 85.1 Å². The van der Waals surface area contributed by atoms with Gasteiger partial charge < -0.3 is 39.0 Å². The largest absolute Gasteiger partial charge is 0.479 e. The van der Waals surface area contributed by atoms with Gasteiger partial charge in [0.1, 0.15) is 18.8 Å². The van der Waals surface area contributed by atoms with E-state index in [1.807, 2.05) is 0 Å². The highest BCUT2D eigenvalue weighted by molar-refractivity contribution is 5.74. The van der Waals surface area contributed by atoms with Gasteiger partial charge in [0.05, 0.1) is 6.61 Å². The smallest absolute Gasteiger partial charge is 0.335 e. The molecular formula is C63H104O12. The fourth-order valence-electron chi connectivity index (χ4n) is 8.42. The summed E-state index contributed by atoms with van der Waals surface area (Å²) in [5.41, 5.74) is 0. The van der Waals surface area contributed by atoms with E-state index in [-0.39, 0.29) is 25.9 Å². The van der Waals surface area contributed by atoms with Crippen LogP contribution in [0.3, 0.4) is 0 Å². The van der Waals surface area contributed by atoms with E-state index in [0.717, 1.165) is 116 Å². The van der Waals surface area contributed by atoms with Crippen LogP contribution in [0.25, 0.3) is 0 Å². The molecule has 0 aliphatic carbocycles. The maximum atomic E-state index is 13.1. The topological polar surface area (TPSA) is 175 Å².